The molecule has 184 valence electrons. The van der Waals surface area contributed by atoms with Crippen molar-refractivity contribution in [3.63, 3.8) is 0 Å². The highest BCUT2D eigenvalue weighted by Gasteiger charge is 2.13. The van der Waals surface area contributed by atoms with Gasteiger partial charge < -0.3 is 18.9 Å². The molecule has 0 saturated heterocycles. The van der Waals surface area contributed by atoms with Crippen molar-refractivity contribution < 1.29 is 23.7 Å². The van der Waals surface area contributed by atoms with E-state index in [1.807, 2.05) is 0 Å². The molecule has 0 radical (unpaired) electrons. The number of amides is 1. The van der Waals surface area contributed by atoms with E-state index in [9.17, 15) is 4.79 Å². The molecule has 1 amide bonds. The van der Waals surface area contributed by atoms with E-state index in [4.69, 9.17) is 42.1 Å². The third-order valence-corrected chi connectivity index (χ3v) is 6.03. The summed E-state index contributed by atoms with van der Waals surface area (Å²) in [5.41, 5.74) is 4.76. The van der Waals surface area contributed by atoms with Crippen LogP contribution in [0.2, 0.25) is 10.0 Å². The maximum atomic E-state index is 12.3. The number of rotatable bonds is 10. The van der Waals surface area contributed by atoms with Crippen LogP contribution in [0.3, 0.4) is 0 Å². The van der Waals surface area contributed by atoms with Gasteiger partial charge in [-0.05, 0) is 63.5 Å². The van der Waals surface area contributed by atoms with Crippen molar-refractivity contribution in [2.75, 3.05) is 21.3 Å². The first kappa shape index (κ1) is 26.7. The van der Waals surface area contributed by atoms with Crippen LogP contribution in [0.15, 0.2) is 58.1 Å². The summed E-state index contributed by atoms with van der Waals surface area (Å²) in [6.45, 7) is 0.227. The molecule has 0 heterocycles. The first-order chi connectivity index (χ1) is 16.8. The molecule has 3 aromatic carbocycles. The second kappa shape index (κ2) is 12.7. The molecular formula is C25H23BrCl2N2O5. The Morgan fingerprint density at radius 1 is 0.971 bits per heavy atom. The van der Waals surface area contributed by atoms with Gasteiger partial charge in [-0.3, -0.25) is 4.79 Å². The van der Waals surface area contributed by atoms with Gasteiger partial charge in [0, 0.05) is 15.6 Å². The number of nitrogens with zero attached hydrogens (tertiary/aromatic N) is 1. The van der Waals surface area contributed by atoms with Crippen LogP contribution in [0.25, 0.3) is 0 Å². The molecule has 10 heteroatoms. The molecule has 3 rings (SSSR count). The summed E-state index contributed by atoms with van der Waals surface area (Å²) < 4.78 is 22.5. The maximum Gasteiger partial charge on any atom is 0.244 e. The normalized spacial score (nSPS) is 10.8. The average molecular weight is 582 g/mol. The van der Waals surface area contributed by atoms with Crippen LogP contribution >= 0.6 is 39.1 Å². The van der Waals surface area contributed by atoms with E-state index in [1.54, 1.807) is 62.8 Å². The van der Waals surface area contributed by atoms with Crippen molar-refractivity contribution in [3.05, 3.63) is 79.7 Å². The fraction of sp³-hybridized carbons (Fsp3) is 0.200. The van der Waals surface area contributed by atoms with Crippen LogP contribution in [0.4, 0.5) is 0 Å². The molecule has 0 bridgehead atoms. The third kappa shape index (κ3) is 7.27. The lowest BCUT2D eigenvalue weighted by Gasteiger charge is -2.14. The molecule has 0 aliphatic heterocycles. The minimum absolute atomic E-state index is 0.130. The van der Waals surface area contributed by atoms with Crippen molar-refractivity contribution in [1.29, 1.82) is 0 Å². The van der Waals surface area contributed by atoms with Gasteiger partial charge in [0.05, 0.1) is 38.4 Å². The number of halogens is 3. The smallest absolute Gasteiger partial charge is 0.244 e. The largest absolute Gasteiger partial charge is 0.493 e. The fourth-order valence-electron chi connectivity index (χ4n) is 3.14. The van der Waals surface area contributed by atoms with Gasteiger partial charge in [0.1, 0.15) is 6.61 Å². The molecule has 35 heavy (non-hydrogen) atoms. The van der Waals surface area contributed by atoms with Crippen LogP contribution in [-0.2, 0) is 17.8 Å². The van der Waals surface area contributed by atoms with Gasteiger partial charge in [-0.2, -0.15) is 5.10 Å². The minimum Gasteiger partial charge on any atom is -0.493 e. The zero-order valence-electron chi connectivity index (χ0n) is 19.2. The maximum absolute atomic E-state index is 12.3. The first-order valence-corrected chi connectivity index (χ1v) is 11.9. The van der Waals surface area contributed by atoms with E-state index < -0.39 is 0 Å². The van der Waals surface area contributed by atoms with Crippen LogP contribution < -0.4 is 24.4 Å². The molecule has 0 unspecified atom stereocenters. The van der Waals surface area contributed by atoms with Crippen molar-refractivity contribution >= 4 is 51.3 Å². The zero-order chi connectivity index (χ0) is 25.4. The fourth-order valence-corrected chi connectivity index (χ4v) is 4.17. The summed E-state index contributed by atoms with van der Waals surface area (Å²) in [4.78, 5) is 12.3. The van der Waals surface area contributed by atoms with E-state index in [0.717, 1.165) is 11.1 Å². The van der Waals surface area contributed by atoms with Gasteiger partial charge in [0.25, 0.3) is 0 Å². The second-order valence-electron chi connectivity index (χ2n) is 7.22. The Kier molecular flexibility index (Phi) is 9.65. The molecule has 0 spiro atoms. The van der Waals surface area contributed by atoms with Gasteiger partial charge in [0.2, 0.25) is 5.91 Å². The molecule has 0 aliphatic rings. The monoisotopic (exact) mass is 580 g/mol. The molecule has 1 N–H and O–H groups in total. The van der Waals surface area contributed by atoms with E-state index in [1.165, 1.54) is 13.3 Å². The molecule has 0 aromatic heterocycles. The standard InChI is InChI=1S/C25H23BrCl2N2O5/c1-32-21-7-4-15(9-22(21)33-2)11-24(31)30-29-13-16-8-19(26)25(23(10-16)34-3)35-14-17-5-6-18(27)12-20(17)28/h4-10,12-13H,11,14H2,1-3H3,(H,30,31)/b29-13-. The van der Waals surface area contributed by atoms with E-state index in [2.05, 4.69) is 26.5 Å². The van der Waals surface area contributed by atoms with Crippen molar-refractivity contribution in [2.45, 2.75) is 13.0 Å². The molecule has 0 fully saturated rings. The number of carbonyl (C=O) groups excluding carboxylic acids is 1. The molecule has 0 aliphatic carbocycles. The Balaban J connectivity index is 1.64. The SMILES string of the molecule is COc1ccc(CC(=O)N/N=C\c2cc(Br)c(OCc3ccc(Cl)cc3Cl)c(OC)c2)cc1OC. The Labute approximate surface area is 222 Å². The molecular weight excluding hydrogens is 559 g/mol. The minimum atomic E-state index is -0.278. The third-order valence-electron chi connectivity index (χ3n) is 4.85. The van der Waals surface area contributed by atoms with Crippen LogP contribution in [-0.4, -0.2) is 33.5 Å². The van der Waals surface area contributed by atoms with Gasteiger partial charge in [-0.1, -0.05) is 35.3 Å². The summed E-state index contributed by atoms with van der Waals surface area (Å²) in [7, 11) is 4.64. The molecule has 7 nitrogen and oxygen atoms in total. The van der Waals surface area contributed by atoms with Gasteiger partial charge >= 0.3 is 0 Å². The number of benzene rings is 3. The van der Waals surface area contributed by atoms with Crippen LogP contribution in [0.1, 0.15) is 16.7 Å². The predicted octanol–water partition coefficient (Wildman–Crippen LogP) is 6.05. The molecule has 0 atom stereocenters. The highest BCUT2D eigenvalue weighted by Crippen LogP contribution is 2.37. The van der Waals surface area contributed by atoms with Crippen molar-refractivity contribution in [3.8, 4) is 23.0 Å². The lowest BCUT2D eigenvalue weighted by atomic mass is 10.1. The van der Waals surface area contributed by atoms with E-state index in [0.29, 0.717) is 43.1 Å². The number of hydrogen-bond donors (Lipinski definition) is 1. The van der Waals surface area contributed by atoms with Gasteiger partial charge in [-0.25, -0.2) is 5.43 Å². The lowest BCUT2D eigenvalue weighted by molar-refractivity contribution is -0.120. The predicted molar refractivity (Wildman–Crippen MR) is 140 cm³/mol. The summed E-state index contributed by atoms with van der Waals surface area (Å²) >= 11 is 15.7. The Morgan fingerprint density at radius 3 is 2.40 bits per heavy atom. The lowest BCUT2D eigenvalue weighted by Crippen LogP contribution is -2.19. The number of carbonyl (C=O) groups is 1. The Morgan fingerprint density at radius 2 is 1.71 bits per heavy atom. The van der Waals surface area contributed by atoms with Crippen LogP contribution in [0.5, 0.6) is 23.0 Å². The topological polar surface area (TPSA) is 78.4 Å². The second-order valence-corrected chi connectivity index (χ2v) is 8.92. The summed E-state index contributed by atoms with van der Waals surface area (Å²) in [5.74, 6) is 1.87. The highest BCUT2D eigenvalue weighted by atomic mass is 79.9. The van der Waals surface area contributed by atoms with E-state index >= 15 is 0 Å². The Hall–Kier alpha value is -2.94. The number of ether oxygens (including phenoxy) is 4. The van der Waals surface area contributed by atoms with Crippen molar-refractivity contribution in [1.82, 2.24) is 5.43 Å². The quantitative estimate of drug-likeness (QED) is 0.233. The number of nitrogens with one attached hydrogen (secondary N) is 1. The molecule has 3 aromatic rings. The number of hydrazone groups is 1. The van der Waals surface area contributed by atoms with Gasteiger partial charge in [0.15, 0.2) is 23.0 Å². The highest BCUT2D eigenvalue weighted by molar-refractivity contribution is 9.10. The summed E-state index contributed by atoms with van der Waals surface area (Å²) in [5, 5.41) is 5.11. The molecule has 0 saturated carbocycles. The van der Waals surface area contributed by atoms with E-state index in [-0.39, 0.29) is 18.9 Å². The number of methoxy groups -OCH3 is 3. The van der Waals surface area contributed by atoms with Crippen molar-refractivity contribution in [2.24, 2.45) is 5.10 Å². The first-order valence-electron chi connectivity index (χ1n) is 10.3. The Bertz CT molecular complexity index is 1240. The average Bonchev–Trinajstić information content (AvgIpc) is 2.84. The zero-order valence-corrected chi connectivity index (χ0v) is 22.3. The summed E-state index contributed by atoms with van der Waals surface area (Å²) in [6.07, 6.45) is 1.64. The van der Waals surface area contributed by atoms with Crippen LogP contribution in [0, 0.1) is 0 Å². The summed E-state index contributed by atoms with van der Waals surface area (Å²) in [6, 6.07) is 14.0. The van der Waals surface area contributed by atoms with Gasteiger partial charge in [-0.15, -0.1) is 0 Å². The number of hydrogen-bond acceptors (Lipinski definition) is 6.